The number of pyridine rings is 1. The lowest BCUT2D eigenvalue weighted by atomic mass is 9.92. The van der Waals surface area contributed by atoms with Crippen LogP contribution in [0, 0.1) is 0 Å². The number of hydrogen-bond donors (Lipinski definition) is 1. The van der Waals surface area contributed by atoms with Gasteiger partial charge in [0.15, 0.2) is 0 Å². The molecule has 6 heteroatoms. The number of nitrogens with one attached hydrogen (secondary N) is 1. The van der Waals surface area contributed by atoms with Gasteiger partial charge in [0.1, 0.15) is 12.1 Å². The Hall–Kier alpha value is -3.02. The van der Waals surface area contributed by atoms with Crippen molar-refractivity contribution in [3.63, 3.8) is 0 Å². The second-order valence-electron chi connectivity index (χ2n) is 6.55. The number of carbonyl (C=O) groups excluding carboxylic acids is 1. The van der Waals surface area contributed by atoms with Crippen molar-refractivity contribution in [2.24, 2.45) is 0 Å². The second kappa shape index (κ2) is 7.47. The number of hydrogen-bond acceptors (Lipinski definition) is 5. The fraction of sp³-hybridized carbons (Fsp3) is 0.300. The summed E-state index contributed by atoms with van der Waals surface area (Å²) in [6.07, 6.45) is 10.1. The molecule has 0 unspecified atom stereocenters. The van der Waals surface area contributed by atoms with Crippen LogP contribution in [-0.2, 0) is 0 Å². The first kappa shape index (κ1) is 16.4. The van der Waals surface area contributed by atoms with Crippen LogP contribution >= 0.6 is 0 Å². The number of carbonyl (C=O) groups is 1. The molecule has 26 heavy (non-hydrogen) atoms. The minimum Gasteiger partial charge on any atom is -0.490 e. The Kier molecular flexibility index (Phi) is 4.73. The van der Waals surface area contributed by atoms with Crippen molar-refractivity contribution >= 4 is 16.8 Å². The maximum atomic E-state index is 12.2. The standard InChI is InChI=1S/C20H20N4O2/c25-20(15-11-21-13-22-12-15)24-16-3-5-17(6-4-16)26-18-7-8-19-14(10-18)2-1-9-23-19/h1-2,7-13,16-17H,3-6H2,(H,24,25). The normalized spacial score (nSPS) is 19.8. The minimum absolute atomic E-state index is 0.114. The van der Waals surface area contributed by atoms with E-state index >= 15 is 0 Å². The van der Waals surface area contributed by atoms with Crippen LogP contribution in [0.3, 0.4) is 0 Å². The summed E-state index contributed by atoms with van der Waals surface area (Å²) < 4.78 is 6.14. The molecule has 2 heterocycles. The lowest BCUT2D eigenvalue weighted by molar-refractivity contribution is 0.0893. The third kappa shape index (κ3) is 3.79. The van der Waals surface area contributed by atoms with Gasteiger partial charge in [-0.15, -0.1) is 0 Å². The Morgan fingerprint density at radius 1 is 1.08 bits per heavy atom. The van der Waals surface area contributed by atoms with Crippen LogP contribution in [0.15, 0.2) is 55.2 Å². The van der Waals surface area contributed by atoms with Gasteiger partial charge in [-0.05, 0) is 49.9 Å². The third-order valence-electron chi connectivity index (χ3n) is 4.71. The van der Waals surface area contributed by atoms with Crippen LogP contribution in [0.2, 0.25) is 0 Å². The average Bonchev–Trinajstić information content (AvgIpc) is 2.70. The highest BCUT2D eigenvalue weighted by Gasteiger charge is 2.24. The monoisotopic (exact) mass is 348 g/mol. The maximum Gasteiger partial charge on any atom is 0.254 e. The van der Waals surface area contributed by atoms with E-state index in [9.17, 15) is 4.79 Å². The van der Waals surface area contributed by atoms with Crippen molar-refractivity contribution in [1.29, 1.82) is 0 Å². The van der Waals surface area contributed by atoms with E-state index in [1.807, 2.05) is 30.3 Å². The van der Waals surface area contributed by atoms with E-state index in [0.29, 0.717) is 5.56 Å². The molecule has 0 spiro atoms. The number of ether oxygens (including phenoxy) is 1. The zero-order valence-corrected chi connectivity index (χ0v) is 14.3. The fourth-order valence-corrected chi connectivity index (χ4v) is 3.33. The minimum atomic E-state index is -0.114. The first-order valence-electron chi connectivity index (χ1n) is 8.85. The topological polar surface area (TPSA) is 77.0 Å². The van der Waals surface area contributed by atoms with E-state index in [0.717, 1.165) is 42.3 Å². The number of rotatable bonds is 4. The smallest absolute Gasteiger partial charge is 0.254 e. The van der Waals surface area contributed by atoms with Crippen LogP contribution in [0.25, 0.3) is 10.9 Å². The van der Waals surface area contributed by atoms with Gasteiger partial charge in [-0.25, -0.2) is 9.97 Å². The summed E-state index contributed by atoms with van der Waals surface area (Å²) >= 11 is 0. The molecule has 1 aliphatic carbocycles. The highest BCUT2D eigenvalue weighted by atomic mass is 16.5. The van der Waals surface area contributed by atoms with Crippen molar-refractivity contribution in [2.75, 3.05) is 0 Å². The van der Waals surface area contributed by atoms with Gasteiger partial charge in [0.05, 0.1) is 17.2 Å². The maximum absolute atomic E-state index is 12.2. The van der Waals surface area contributed by atoms with Crippen molar-refractivity contribution in [3.8, 4) is 5.75 Å². The van der Waals surface area contributed by atoms with Crippen molar-refractivity contribution in [1.82, 2.24) is 20.3 Å². The summed E-state index contributed by atoms with van der Waals surface area (Å²) in [5.74, 6) is 0.761. The molecule has 0 bridgehead atoms. The first-order valence-corrected chi connectivity index (χ1v) is 8.85. The fourth-order valence-electron chi connectivity index (χ4n) is 3.33. The zero-order valence-electron chi connectivity index (χ0n) is 14.3. The summed E-state index contributed by atoms with van der Waals surface area (Å²) in [4.78, 5) is 24.3. The molecular formula is C20H20N4O2. The number of nitrogens with zero attached hydrogens (tertiary/aromatic N) is 3. The van der Waals surface area contributed by atoms with Gasteiger partial charge in [0.25, 0.3) is 5.91 Å². The second-order valence-corrected chi connectivity index (χ2v) is 6.55. The highest BCUT2D eigenvalue weighted by Crippen LogP contribution is 2.26. The van der Waals surface area contributed by atoms with Crippen molar-refractivity contribution in [3.05, 3.63) is 60.8 Å². The van der Waals surface area contributed by atoms with E-state index in [1.54, 1.807) is 6.20 Å². The Labute approximate surface area is 151 Å². The molecular weight excluding hydrogens is 328 g/mol. The summed E-state index contributed by atoms with van der Waals surface area (Å²) in [6.45, 7) is 0. The molecule has 132 valence electrons. The number of fused-ring (bicyclic) bond motifs is 1. The molecule has 2 aromatic heterocycles. The van der Waals surface area contributed by atoms with Gasteiger partial charge in [-0.2, -0.15) is 0 Å². The van der Waals surface area contributed by atoms with E-state index in [4.69, 9.17) is 4.74 Å². The lowest BCUT2D eigenvalue weighted by Gasteiger charge is -2.29. The van der Waals surface area contributed by atoms with E-state index in [1.165, 1.54) is 18.7 Å². The number of amides is 1. The van der Waals surface area contributed by atoms with Gasteiger partial charge in [-0.3, -0.25) is 9.78 Å². The predicted octanol–water partition coefficient (Wildman–Crippen LogP) is 3.14. The van der Waals surface area contributed by atoms with Crippen molar-refractivity contribution < 1.29 is 9.53 Å². The van der Waals surface area contributed by atoms with Crippen LogP contribution in [0.1, 0.15) is 36.0 Å². The Bertz CT molecular complexity index is 892. The van der Waals surface area contributed by atoms with Gasteiger partial charge < -0.3 is 10.1 Å². The largest absolute Gasteiger partial charge is 0.490 e. The molecule has 1 amide bonds. The molecule has 1 fully saturated rings. The van der Waals surface area contributed by atoms with Gasteiger partial charge >= 0.3 is 0 Å². The molecule has 4 rings (SSSR count). The van der Waals surface area contributed by atoms with E-state index in [-0.39, 0.29) is 18.1 Å². The summed E-state index contributed by atoms with van der Waals surface area (Å²) in [7, 11) is 0. The lowest BCUT2D eigenvalue weighted by Crippen LogP contribution is -2.39. The Morgan fingerprint density at radius 2 is 1.88 bits per heavy atom. The molecule has 6 nitrogen and oxygen atoms in total. The summed E-state index contributed by atoms with van der Waals surface area (Å²) in [5, 5.41) is 4.14. The Balaban J connectivity index is 1.31. The van der Waals surface area contributed by atoms with Crippen LogP contribution in [0.4, 0.5) is 0 Å². The van der Waals surface area contributed by atoms with Crippen LogP contribution in [-0.4, -0.2) is 33.0 Å². The number of aromatic nitrogens is 3. The Morgan fingerprint density at radius 3 is 2.69 bits per heavy atom. The highest BCUT2D eigenvalue weighted by molar-refractivity contribution is 5.93. The molecule has 1 saturated carbocycles. The molecule has 1 aliphatic rings. The first-order chi connectivity index (χ1) is 12.8. The predicted molar refractivity (Wildman–Crippen MR) is 97.9 cm³/mol. The zero-order chi connectivity index (χ0) is 17.8. The molecule has 3 aromatic rings. The molecule has 1 N–H and O–H groups in total. The van der Waals surface area contributed by atoms with Crippen molar-refractivity contribution in [2.45, 2.75) is 37.8 Å². The molecule has 0 radical (unpaired) electrons. The molecule has 0 atom stereocenters. The SMILES string of the molecule is O=C(NC1CCC(Oc2ccc3ncccc3c2)CC1)c1cncnc1. The van der Waals surface area contributed by atoms with Gasteiger partial charge in [0, 0.05) is 30.0 Å². The average molecular weight is 348 g/mol. The van der Waals surface area contributed by atoms with Gasteiger partial charge in [-0.1, -0.05) is 6.07 Å². The van der Waals surface area contributed by atoms with Crippen LogP contribution in [0.5, 0.6) is 5.75 Å². The molecule has 0 aliphatic heterocycles. The third-order valence-corrected chi connectivity index (χ3v) is 4.71. The van der Waals surface area contributed by atoms with Gasteiger partial charge in [0.2, 0.25) is 0 Å². The quantitative estimate of drug-likeness (QED) is 0.784. The van der Waals surface area contributed by atoms with Crippen LogP contribution < -0.4 is 10.1 Å². The summed E-state index contributed by atoms with van der Waals surface area (Å²) in [6, 6.07) is 10.1. The molecule has 0 saturated heterocycles. The van der Waals surface area contributed by atoms with E-state index < -0.39 is 0 Å². The molecule has 1 aromatic carbocycles. The number of benzene rings is 1. The van der Waals surface area contributed by atoms with E-state index in [2.05, 4.69) is 20.3 Å². The summed E-state index contributed by atoms with van der Waals surface area (Å²) in [5.41, 5.74) is 1.46.